The van der Waals surface area contributed by atoms with Gasteiger partial charge < -0.3 is 4.74 Å². The molecule has 0 aliphatic carbocycles. The van der Waals surface area contributed by atoms with Gasteiger partial charge in [-0.25, -0.2) is 0 Å². The second-order valence-corrected chi connectivity index (χ2v) is 8.38. The van der Waals surface area contributed by atoms with Gasteiger partial charge in [-0.1, -0.05) is 74.2 Å². The lowest BCUT2D eigenvalue weighted by Gasteiger charge is -2.18. The normalized spacial score (nSPS) is 12.8. The average Bonchev–Trinajstić information content (AvgIpc) is 2.66. The molecule has 0 aliphatic heterocycles. The molecule has 0 aromatic heterocycles. The van der Waals surface area contributed by atoms with Crippen LogP contribution in [0.1, 0.15) is 50.2 Å². The van der Waals surface area contributed by atoms with Crippen LogP contribution < -0.4 is 0 Å². The van der Waals surface area contributed by atoms with Crippen LogP contribution in [0.5, 0.6) is 0 Å². The van der Waals surface area contributed by atoms with Crippen LogP contribution in [0.4, 0.5) is 0 Å². The highest BCUT2D eigenvalue weighted by Gasteiger charge is 2.21. The van der Waals surface area contributed by atoms with Crippen LogP contribution in [-0.2, 0) is 25.6 Å². The Morgan fingerprint density at radius 3 is 2.30 bits per heavy atom. The first-order valence-electron chi connectivity index (χ1n) is 9.63. The molecule has 0 heterocycles. The topological polar surface area (TPSA) is 52.6 Å². The highest BCUT2D eigenvalue weighted by molar-refractivity contribution is 7.86. The average molecular weight is 391 g/mol. The molecular formula is C22H30O4S. The van der Waals surface area contributed by atoms with E-state index in [0.29, 0.717) is 26.1 Å². The van der Waals surface area contributed by atoms with Crippen molar-refractivity contribution in [2.45, 2.75) is 63.6 Å². The minimum Gasteiger partial charge on any atom is -0.377 e. The zero-order valence-electron chi connectivity index (χ0n) is 16.3. The molecule has 0 fully saturated rings. The summed E-state index contributed by atoms with van der Waals surface area (Å²) in [5, 5.41) is 0. The molecule has 5 heteroatoms. The first-order chi connectivity index (χ1) is 13.0. The molecule has 4 nitrogen and oxygen atoms in total. The molecular weight excluding hydrogens is 360 g/mol. The van der Waals surface area contributed by atoms with Crippen molar-refractivity contribution < 1.29 is 17.3 Å². The quantitative estimate of drug-likeness (QED) is 0.367. The molecule has 0 amide bonds. The first-order valence-corrected chi connectivity index (χ1v) is 11.0. The fourth-order valence-corrected chi connectivity index (χ4v) is 3.91. The number of unbranched alkanes of at least 4 members (excludes halogenated alkanes) is 2. The van der Waals surface area contributed by atoms with Gasteiger partial charge in [0.1, 0.15) is 0 Å². The molecule has 2 aromatic rings. The molecule has 0 radical (unpaired) electrons. The Morgan fingerprint density at radius 2 is 1.63 bits per heavy atom. The van der Waals surface area contributed by atoms with E-state index in [4.69, 9.17) is 8.92 Å². The van der Waals surface area contributed by atoms with E-state index in [1.807, 2.05) is 37.3 Å². The summed E-state index contributed by atoms with van der Waals surface area (Å²) in [5.41, 5.74) is 2.12. The lowest BCUT2D eigenvalue weighted by atomic mass is 10.1. The predicted octanol–water partition coefficient (Wildman–Crippen LogP) is 5.26. The Kier molecular flexibility index (Phi) is 8.98. The minimum absolute atomic E-state index is 0.207. The number of rotatable bonds is 12. The largest absolute Gasteiger partial charge is 0.377 e. The predicted molar refractivity (Wildman–Crippen MR) is 108 cm³/mol. The van der Waals surface area contributed by atoms with E-state index in [0.717, 1.165) is 30.4 Å². The van der Waals surface area contributed by atoms with Crippen molar-refractivity contribution in [3.8, 4) is 0 Å². The third kappa shape index (κ3) is 7.83. The summed E-state index contributed by atoms with van der Waals surface area (Å²) in [6.07, 6.45) is 4.01. The van der Waals surface area contributed by atoms with Crippen LogP contribution in [0.3, 0.4) is 0 Å². The molecule has 0 spiro atoms. The molecule has 27 heavy (non-hydrogen) atoms. The van der Waals surface area contributed by atoms with Crippen molar-refractivity contribution in [1.29, 1.82) is 0 Å². The van der Waals surface area contributed by atoms with Crippen LogP contribution in [0.25, 0.3) is 0 Å². The molecule has 0 saturated heterocycles. The second kappa shape index (κ2) is 11.2. The number of ether oxygens (including phenoxy) is 1. The van der Waals surface area contributed by atoms with Gasteiger partial charge in [0.2, 0.25) is 0 Å². The van der Waals surface area contributed by atoms with Gasteiger partial charge in [-0.3, -0.25) is 4.18 Å². The summed E-state index contributed by atoms with van der Waals surface area (Å²) in [5.74, 6) is 0. The summed E-state index contributed by atoms with van der Waals surface area (Å²) in [4.78, 5) is 0.207. The number of hydrogen-bond donors (Lipinski definition) is 0. The first kappa shape index (κ1) is 21.6. The van der Waals surface area contributed by atoms with E-state index >= 15 is 0 Å². The maximum Gasteiger partial charge on any atom is 0.297 e. The molecule has 2 aromatic carbocycles. The molecule has 2 rings (SSSR count). The van der Waals surface area contributed by atoms with Gasteiger partial charge in [-0.15, -0.1) is 0 Å². The molecule has 0 aliphatic rings. The van der Waals surface area contributed by atoms with Gasteiger partial charge in [0.15, 0.2) is 0 Å². The van der Waals surface area contributed by atoms with E-state index < -0.39 is 10.1 Å². The van der Waals surface area contributed by atoms with Crippen LogP contribution in [0, 0.1) is 6.92 Å². The molecule has 0 saturated carbocycles. The Morgan fingerprint density at radius 1 is 0.926 bits per heavy atom. The second-order valence-electron chi connectivity index (χ2n) is 6.81. The van der Waals surface area contributed by atoms with Crippen molar-refractivity contribution in [3.05, 3.63) is 65.7 Å². The summed E-state index contributed by atoms with van der Waals surface area (Å²) in [7, 11) is -3.76. The van der Waals surface area contributed by atoms with Gasteiger partial charge >= 0.3 is 0 Å². The third-order valence-corrected chi connectivity index (χ3v) is 5.77. The lowest BCUT2D eigenvalue weighted by molar-refractivity contribution is 0.0811. The van der Waals surface area contributed by atoms with Gasteiger partial charge in [0.25, 0.3) is 10.1 Å². The highest BCUT2D eigenvalue weighted by atomic mass is 32.2. The SMILES string of the molecule is CCCCCC(CCOCc1ccccc1)OS(=O)(=O)c1ccc(C)cc1. The third-order valence-electron chi connectivity index (χ3n) is 4.40. The summed E-state index contributed by atoms with van der Waals surface area (Å²) in [6.45, 7) is 5.04. The Balaban J connectivity index is 1.91. The molecule has 0 bridgehead atoms. The Bertz CT molecular complexity index is 755. The van der Waals surface area contributed by atoms with E-state index in [1.165, 1.54) is 0 Å². The Labute approximate surface area is 163 Å². The van der Waals surface area contributed by atoms with Gasteiger partial charge in [-0.05, 0) is 37.5 Å². The lowest BCUT2D eigenvalue weighted by Crippen LogP contribution is -2.21. The molecule has 1 atom stereocenters. The maximum atomic E-state index is 12.6. The van der Waals surface area contributed by atoms with Crippen molar-refractivity contribution >= 4 is 10.1 Å². The van der Waals surface area contributed by atoms with Crippen molar-refractivity contribution in [1.82, 2.24) is 0 Å². The van der Waals surface area contributed by atoms with E-state index in [-0.39, 0.29) is 11.0 Å². The fraction of sp³-hybridized carbons (Fsp3) is 0.455. The standard InChI is InChI=1S/C22H30O4S/c1-3-4-6-11-21(16-17-25-18-20-9-7-5-8-10-20)26-27(23,24)22-14-12-19(2)13-15-22/h5,7-10,12-15,21H,3-4,6,11,16-18H2,1-2H3. The van der Waals surface area contributed by atoms with Crippen molar-refractivity contribution in [3.63, 3.8) is 0 Å². The van der Waals surface area contributed by atoms with Gasteiger partial charge in [0, 0.05) is 6.61 Å². The number of aryl methyl sites for hydroxylation is 1. The summed E-state index contributed by atoms with van der Waals surface area (Å²) < 4.78 is 36.4. The smallest absolute Gasteiger partial charge is 0.297 e. The fourth-order valence-electron chi connectivity index (χ4n) is 2.78. The molecule has 148 valence electrons. The van der Waals surface area contributed by atoms with E-state index in [1.54, 1.807) is 24.3 Å². The summed E-state index contributed by atoms with van der Waals surface area (Å²) in [6, 6.07) is 16.7. The highest BCUT2D eigenvalue weighted by Crippen LogP contribution is 2.20. The summed E-state index contributed by atoms with van der Waals surface area (Å²) >= 11 is 0. The van der Waals surface area contributed by atoms with Crippen LogP contribution in [0.2, 0.25) is 0 Å². The zero-order chi connectivity index (χ0) is 19.5. The molecule has 0 N–H and O–H groups in total. The number of hydrogen-bond acceptors (Lipinski definition) is 4. The minimum atomic E-state index is -3.76. The molecule has 1 unspecified atom stereocenters. The zero-order valence-corrected chi connectivity index (χ0v) is 17.1. The number of benzene rings is 2. The van der Waals surface area contributed by atoms with Gasteiger partial charge in [0.05, 0.1) is 17.6 Å². The van der Waals surface area contributed by atoms with Crippen molar-refractivity contribution in [2.24, 2.45) is 0 Å². The van der Waals surface area contributed by atoms with Crippen LogP contribution in [0.15, 0.2) is 59.5 Å². The van der Waals surface area contributed by atoms with Crippen LogP contribution >= 0.6 is 0 Å². The van der Waals surface area contributed by atoms with E-state index in [2.05, 4.69) is 6.92 Å². The Hall–Kier alpha value is -1.69. The van der Waals surface area contributed by atoms with Crippen LogP contribution in [-0.4, -0.2) is 21.1 Å². The van der Waals surface area contributed by atoms with E-state index in [9.17, 15) is 8.42 Å². The van der Waals surface area contributed by atoms with Gasteiger partial charge in [-0.2, -0.15) is 8.42 Å². The monoisotopic (exact) mass is 390 g/mol. The maximum absolute atomic E-state index is 12.6. The van der Waals surface area contributed by atoms with Crippen molar-refractivity contribution in [2.75, 3.05) is 6.61 Å².